The molecule has 1 aromatic rings. The molecule has 0 saturated carbocycles. The zero-order valence-corrected chi connectivity index (χ0v) is 15.7. The molecule has 2 saturated heterocycles. The van der Waals surface area contributed by atoms with Crippen LogP contribution < -0.4 is 5.32 Å². The molecule has 1 atom stereocenters. The van der Waals surface area contributed by atoms with Gasteiger partial charge in [0.25, 0.3) is 0 Å². The second-order valence-corrected chi connectivity index (χ2v) is 6.80. The summed E-state index contributed by atoms with van der Waals surface area (Å²) in [6.45, 7) is 4.77. The fraction of sp³-hybridized carbons (Fsp3) is 0.556. The highest BCUT2D eigenvalue weighted by Gasteiger charge is 2.26. The maximum absolute atomic E-state index is 12.5. The van der Waals surface area contributed by atoms with Crippen LogP contribution in [-0.2, 0) is 20.8 Å². The molecule has 8 heteroatoms. The molecule has 0 bridgehead atoms. The zero-order chi connectivity index (χ0) is 18.4. The minimum Gasteiger partial charge on any atom is -0.376 e. The summed E-state index contributed by atoms with van der Waals surface area (Å²) in [6, 6.07) is 7.60. The van der Waals surface area contributed by atoms with E-state index in [-0.39, 0.29) is 12.0 Å². The van der Waals surface area contributed by atoms with Gasteiger partial charge in [0.15, 0.2) is 5.96 Å². The molecular formula is C18H25ClN4O3. The molecule has 2 aliphatic heterocycles. The summed E-state index contributed by atoms with van der Waals surface area (Å²) >= 11 is 5.91. The lowest BCUT2D eigenvalue weighted by Gasteiger charge is -2.36. The van der Waals surface area contributed by atoms with E-state index < -0.39 is 0 Å². The number of piperazine rings is 1. The number of amides is 1. The highest BCUT2D eigenvalue weighted by molar-refractivity contribution is 6.30. The Labute approximate surface area is 158 Å². The lowest BCUT2D eigenvalue weighted by atomic mass is 10.2. The summed E-state index contributed by atoms with van der Waals surface area (Å²) in [4.78, 5) is 20.7. The molecule has 3 rings (SSSR count). The van der Waals surface area contributed by atoms with Crippen LogP contribution in [0.5, 0.6) is 0 Å². The molecular weight excluding hydrogens is 356 g/mol. The quantitative estimate of drug-likeness (QED) is 0.623. The van der Waals surface area contributed by atoms with Gasteiger partial charge in [-0.15, -0.1) is 0 Å². The van der Waals surface area contributed by atoms with Crippen molar-refractivity contribution in [3.05, 3.63) is 34.9 Å². The standard InChI is InChI=1S/C18H25ClN4O3/c1-20-18(21-10-16-13-25-8-9-26-16)23-7-6-22(17(24)12-23)11-14-2-4-15(19)5-3-14/h2-5,16H,6-13H2,1H3,(H,20,21). The number of nitrogens with one attached hydrogen (secondary N) is 1. The second kappa shape index (κ2) is 9.21. The van der Waals surface area contributed by atoms with Crippen LogP contribution in [0.1, 0.15) is 5.56 Å². The number of hydrogen-bond donors (Lipinski definition) is 1. The van der Waals surface area contributed by atoms with Crippen molar-refractivity contribution in [3.63, 3.8) is 0 Å². The number of nitrogens with zero attached hydrogens (tertiary/aromatic N) is 3. The monoisotopic (exact) mass is 380 g/mol. The van der Waals surface area contributed by atoms with Gasteiger partial charge in [-0.3, -0.25) is 9.79 Å². The van der Waals surface area contributed by atoms with Crippen molar-refractivity contribution in [1.82, 2.24) is 15.1 Å². The minimum absolute atomic E-state index is 0.0161. The number of hydrogen-bond acceptors (Lipinski definition) is 4. The topological polar surface area (TPSA) is 66.4 Å². The van der Waals surface area contributed by atoms with Crippen molar-refractivity contribution < 1.29 is 14.3 Å². The van der Waals surface area contributed by atoms with Crippen LogP contribution >= 0.6 is 11.6 Å². The van der Waals surface area contributed by atoms with Gasteiger partial charge in [-0.2, -0.15) is 0 Å². The summed E-state index contributed by atoms with van der Waals surface area (Å²) in [5.41, 5.74) is 1.08. The van der Waals surface area contributed by atoms with Crippen LogP contribution in [0.15, 0.2) is 29.3 Å². The first-order valence-electron chi connectivity index (χ1n) is 8.83. The van der Waals surface area contributed by atoms with Crippen molar-refractivity contribution in [3.8, 4) is 0 Å². The predicted molar refractivity (Wildman–Crippen MR) is 100 cm³/mol. The third-order valence-electron chi connectivity index (χ3n) is 4.49. The number of ether oxygens (including phenoxy) is 2. The maximum Gasteiger partial charge on any atom is 0.242 e. The second-order valence-electron chi connectivity index (χ2n) is 6.36. The fourth-order valence-corrected chi connectivity index (χ4v) is 3.18. The Morgan fingerprint density at radius 1 is 1.31 bits per heavy atom. The molecule has 2 aliphatic rings. The Hall–Kier alpha value is -1.83. The average Bonchev–Trinajstić information content (AvgIpc) is 2.67. The molecule has 2 fully saturated rings. The van der Waals surface area contributed by atoms with Gasteiger partial charge in [0.1, 0.15) is 0 Å². The summed E-state index contributed by atoms with van der Waals surface area (Å²) in [5, 5.41) is 3.99. The highest BCUT2D eigenvalue weighted by atomic mass is 35.5. The van der Waals surface area contributed by atoms with Gasteiger partial charge in [-0.05, 0) is 17.7 Å². The number of carbonyl (C=O) groups excluding carboxylic acids is 1. The van der Waals surface area contributed by atoms with E-state index in [1.54, 1.807) is 7.05 Å². The predicted octanol–water partition coefficient (Wildman–Crippen LogP) is 0.975. The van der Waals surface area contributed by atoms with E-state index in [4.69, 9.17) is 21.1 Å². The Morgan fingerprint density at radius 3 is 2.77 bits per heavy atom. The number of halogens is 1. The molecule has 0 aliphatic carbocycles. The van der Waals surface area contributed by atoms with Crippen molar-refractivity contribution in [2.45, 2.75) is 12.6 Å². The van der Waals surface area contributed by atoms with Gasteiger partial charge < -0.3 is 24.6 Å². The Bertz CT molecular complexity index is 632. The van der Waals surface area contributed by atoms with Crippen LogP contribution in [0, 0.1) is 0 Å². The molecule has 7 nitrogen and oxygen atoms in total. The molecule has 0 aromatic heterocycles. The van der Waals surface area contributed by atoms with E-state index in [1.807, 2.05) is 34.1 Å². The highest BCUT2D eigenvalue weighted by Crippen LogP contribution is 2.13. The third kappa shape index (κ3) is 5.09. The first-order chi connectivity index (χ1) is 12.7. The molecule has 1 amide bonds. The number of rotatable bonds is 4. The third-order valence-corrected chi connectivity index (χ3v) is 4.74. The molecule has 1 N–H and O–H groups in total. The van der Waals surface area contributed by atoms with Crippen molar-refractivity contribution in [1.29, 1.82) is 0 Å². The van der Waals surface area contributed by atoms with Gasteiger partial charge in [0.2, 0.25) is 5.91 Å². The molecule has 2 heterocycles. The molecule has 0 radical (unpaired) electrons. The van der Waals surface area contributed by atoms with E-state index in [1.165, 1.54) is 0 Å². The van der Waals surface area contributed by atoms with Gasteiger partial charge in [0, 0.05) is 38.2 Å². The summed E-state index contributed by atoms with van der Waals surface area (Å²) in [5.74, 6) is 0.810. The molecule has 1 unspecified atom stereocenters. The Balaban J connectivity index is 1.49. The molecule has 0 spiro atoms. The first kappa shape index (κ1) is 18.9. The zero-order valence-electron chi connectivity index (χ0n) is 15.0. The SMILES string of the molecule is CN=C(NCC1COCCO1)N1CCN(Cc2ccc(Cl)cc2)C(=O)C1. The van der Waals surface area contributed by atoms with Gasteiger partial charge in [0.05, 0.1) is 32.5 Å². The van der Waals surface area contributed by atoms with Crippen LogP contribution in [-0.4, -0.2) is 80.8 Å². The number of aliphatic imine (C=N–C) groups is 1. The Morgan fingerprint density at radius 2 is 2.12 bits per heavy atom. The van der Waals surface area contributed by atoms with Crippen molar-refractivity contribution in [2.24, 2.45) is 4.99 Å². The van der Waals surface area contributed by atoms with Gasteiger partial charge >= 0.3 is 0 Å². The van der Waals surface area contributed by atoms with Gasteiger partial charge in [-0.25, -0.2) is 0 Å². The van der Waals surface area contributed by atoms with E-state index in [0.29, 0.717) is 51.0 Å². The van der Waals surface area contributed by atoms with Gasteiger partial charge in [-0.1, -0.05) is 23.7 Å². The summed E-state index contributed by atoms with van der Waals surface area (Å²) in [6.07, 6.45) is 0.0161. The molecule has 142 valence electrons. The first-order valence-corrected chi connectivity index (χ1v) is 9.20. The van der Waals surface area contributed by atoms with Crippen LogP contribution in [0.4, 0.5) is 0 Å². The summed E-state index contributed by atoms with van der Waals surface area (Å²) < 4.78 is 11.0. The number of benzene rings is 1. The van der Waals surface area contributed by atoms with E-state index in [9.17, 15) is 4.79 Å². The summed E-state index contributed by atoms with van der Waals surface area (Å²) in [7, 11) is 1.73. The van der Waals surface area contributed by atoms with E-state index in [0.717, 1.165) is 18.1 Å². The van der Waals surface area contributed by atoms with Crippen LogP contribution in [0.25, 0.3) is 0 Å². The lowest BCUT2D eigenvalue weighted by Crippen LogP contribution is -2.56. The van der Waals surface area contributed by atoms with Crippen molar-refractivity contribution >= 4 is 23.5 Å². The molecule has 26 heavy (non-hydrogen) atoms. The maximum atomic E-state index is 12.5. The Kier molecular flexibility index (Phi) is 6.71. The molecule has 1 aromatic carbocycles. The normalized spacial score (nSPS) is 21.8. The average molecular weight is 381 g/mol. The number of carbonyl (C=O) groups is 1. The van der Waals surface area contributed by atoms with E-state index >= 15 is 0 Å². The lowest BCUT2D eigenvalue weighted by molar-refractivity contribution is -0.135. The smallest absolute Gasteiger partial charge is 0.242 e. The number of guanidine groups is 1. The largest absolute Gasteiger partial charge is 0.376 e. The van der Waals surface area contributed by atoms with Crippen LogP contribution in [0.3, 0.4) is 0 Å². The fourth-order valence-electron chi connectivity index (χ4n) is 3.06. The van der Waals surface area contributed by atoms with Crippen LogP contribution in [0.2, 0.25) is 5.02 Å². The van der Waals surface area contributed by atoms with E-state index in [2.05, 4.69) is 10.3 Å². The van der Waals surface area contributed by atoms with Crippen molar-refractivity contribution in [2.75, 3.05) is 53.0 Å². The minimum atomic E-state index is 0.0161.